The molecule has 2 rings (SSSR count). The number of carboxylic acids is 1. The molecule has 4 unspecified atom stereocenters. The first-order valence-corrected chi connectivity index (χ1v) is 11.0. The lowest BCUT2D eigenvalue weighted by Gasteiger charge is -2.22. The Morgan fingerprint density at radius 1 is 1.03 bits per heavy atom. The van der Waals surface area contributed by atoms with Crippen LogP contribution in [0.3, 0.4) is 0 Å². The van der Waals surface area contributed by atoms with E-state index in [4.69, 9.17) is 16.6 Å². The van der Waals surface area contributed by atoms with Crippen molar-refractivity contribution < 1.29 is 29.1 Å². The number of hydrogen-bond acceptors (Lipinski definition) is 7. The van der Waals surface area contributed by atoms with Gasteiger partial charge in [0.15, 0.2) is 0 Å². The monoisotopic (exact) mass is 492 g/mol. The van der Waals surface area contributed by atoms with Gasteiger partial charge in [-0.2, -0.15) is 12.6 Å². The van der Waals surface area contributed by atoms with Crippen LogP contribution in [-0.4, -0.2) is 69.6 Å². The molecule has 12 nitrogen and oxygen atoms in total. The summed E-state index contributed by atoms with van der Waals surface area (Å²) in [5.74, 6) is -4.58. The molecule has 0 aliphatic rings. The maximum Gasteiger partial charge on any atom is 0.326 e. The number of fused-ring (bicyclic) bond motifs is 1. The summed E-state index contributed by atoms with van der Waals surface area (Å²) in [6, 6.07) is 2.81. The van der Waals surface area contributed by atoms with E-state index in [2.05, 4.69) is 33.6 Å². The molecule has 0 fully saturated rings. The average Bonchev–Trinajstić information content (AvgIpc) is 3.18. The first-order chi connectivity index (χ1) is 16.0. The molecule has 4 amide bonds. The van der Waals surface area contributed by atoms with Crippen molar-refractivity contribution >= 4 is 53.1 Å². The molecule has 0 saturated carbocycles. The lowest BCUT2D eigenvalue weighted by molar-refractivity contribution is -0.143. The number of H-pyrrole nitrogens is 1. The van der Waals surface area contributed by atoms with Gasteiger partial charge in [0.05, 0.1) is 12.5 Å². The first-order valence-electron chi connectivity index (χ1n) is 10.4. The number of nitrogens with one attached hydrogen (secondary N) is 4. The normalized spacial score (nSPS) is 14.4. The molecule has 0 aliphatic carbocycles. The number of benzene rings is 1. The van der Waals surface area contributed by atoms with E-state index in [1.165, 1.54) is 6.92 Å². The SMILES string of the molecule is CC(NC(=O)C(CS)NC(=O)C(N)Cc1c[nH]c2ccccc12)C(=O)NC(CC(N)=O)C(=O)O. The zero-order valence-corrected chi connectivity index (χ0v) is 19.3. The van der Waals surface area contributed by atoms with Crippen molar-refractivity contribution in [2.45, 2.75) is 43.9 Å². The van der Waals surface area contributed by atoms with Gasteiger partial charge < -0.3 is 37.5 Å². The highest BCUT2D eigenvalue weighted by atomic mass is 32.1. The van der Waals surface area contributed by atoms with Gasteiger partial charge in [0.1, 0.15) is 18.1 Å². The third-order valence-electron chi connectivity index (χ3n) is 5.04. The number of amides is 4. The number of aliphatic carboxylic acids is 1. The van der Waals surface area contributed by atoms with Crippen LogP contribution in [-0.2, 0) is 30.4 Å². The molecule has 0 aliphatic heterocycles. The van der Waals surface area contributed by atoms with E-state index in [0.717, 1.165) is 16.5 Å². The number of primary amides is 1. The molecule has 184 valence electrons. The van der Waals surface area contributed by atoms with Crippen LogP contribution >= 0.6 is 12.6 Å². The van der Waals surface area contributed by atoms with Gasteiger partial charge in [-0.3, -0.25) is 19.2 Å². The third kappa shape index (κ3) is 7.22. The van der Waals surface area contributed by atoms with Crippen LogP contribution in [0, 0.1) is 0 Å². The van der Waals surface area contributed by atoms with Crippen LogP contribution in [0.4, 0.5) is 0 Å². The van der Waals surface area contributed by atoms with Crippen LogP contribution < -0.4 is 27.4 Å². The van der Waals surface area contributed by atoms with Gasteiger partial charge in [0.2, 0.25) is 23.6 Å². The van der Waals surface area contributed by atoms with Crippen molar-refractivity contribution in [3.63, 3.8) is 0 Å². The number of rotatable bonds is 12. The highest BCUT2D eigenvalue weighted by Crippen LogP contribution is 2.18. The Bertz CT molecular complexity index is 1070. The second-order valence-corrected chi connectivity index (χ2v) is 8.08. The molecule has 2 aromatic rings. The maximum atomic E-state index is 12.6. The number of nitrogens with two attached hydrogens (primary N) is 2. The summed E-state index contributed by atoms with van der Waals surface area (Å²) in [4.78, 5) is 62.6. The van der Waals surface area contributed by atoms with Gasteiger partial charge >= 0.3 is 5.97 Å². The van der Waals surface area contributed by atoms with Crippen molar-refractivity contribution in [2.24, 2.45) is 11.5 Å². The second-order valence-electron chi connectivity index (χ2n) is 7.71. The fourth-order valence-electron chi connectivity index (χ4n) is 3.18. The van der Waals surface area contributed by atoms with Crippen LogP contribution in [0.5, 0.6) is 0 Å². The molecular formula is C21H28N6O6S. The molecule has 0 bridgehead atoms. The number of carboxylic acid groups (broad SMARTS) is 1. The zero-order valence-electron chi connectivity index (χ0n) is 18.4. The van der Waals surface area contributed by atoms with E-state index < -0.39 is 60.2 Å². The highest BCUT2D eigenvalue weighted by molar-refractivity contribution is 7.80. The Labute approximate surface area is 200 Å². The molecule has 13 heteroatoms. The predicted molar refractivity (Wildman–Crippen MR) is 127 cm³/mol. The number of aromatic amines is 1. The van der Waals surface area contributed by atoms with E-state index >= 15 is 0 Å². The number of hydrogen-bond donors (Lipinski definition) is 8. The van der Waals surface area contributed by atoms with Gasteiger partial charge in [0, 0.05) is 22.9 Å². The predicted octanol–water partition coefficient (Wildman–Crippen LogP) is -1.60. The summed E-state index contributed by atoms with van der Waals surface area (Å²) in [5, 5.41) is 17.0. The van der Waals surface area contributed by atoms with Gasteiger partial charge in [-0.1, -0.05) is 18.2 Å². The van der Waals surface area contributed by atoms with Crippen molar-refractivity contribution in [1.29, 1.82) is 0 Å². The summed E-state index contributed by atoms with van der Waals surface area (Å²) >= 11 is 4.08. The Morgan fingerprint density at radius 2 is 1.68 bits per heavy atom. The van der Waals surface area contributed by atoms with E-state index in [0.29, 0.717) is 0 Å². The molecule has 34 heavy (non-hydrogen) atoms. The Hall–Kier alpha value is -3.58. The Balaban J connectivity index is 1.93. The molecule has 9 N–H and O–H groups in total. The largest absolute Gasteiger partial charge is 0.480 e. The maximum absolute atomic E-state index is 12.6. The standard InChI is InChI=1S/C21H28N6O6S/c1-10(18(29)26-15(21(32)33)7-17(23)28)25-20(31)16(9-34)27-19(30)13(22)6-11-8-24-14-5-3-2-4-12(11)14/h2-5,8,10,13,15-16,24,34H,6-7,9,22H2,1H3,(H2,23,28)(H,25,31)(H,26,29)(H,27,30)(H,32,33). The van der Waals surface area contributed by atoms with Crippen molar-refractivity contribution in [2.75, 3.05) is 5.75 Å². The smallest absolute Gasteiger partial charge is 0.326 e. The fourth-order valence-corrected chi connectivity index (χ4v) is 3.44. The Kier molecular flexibility index (Phi) is 9.45. The first kappa shape index (κ1) is 26.7. The van der Waals surface area contributed by atoms with Crippen LogP contribution in [0.25, 0.3) is 10.9 Å². The lowest BCUT2D eigenvalue weighted by Crippen LogP contribution is -2.57. The minimum atomic E-state index is -1.53. The number of carbonyl (C=O) groups is 5. The van der Waals surface area contributed by atoms with Crippen LogP contribution in [0.2, 0.25) is 0 Å². The molecule has 0 spiro atoms. The molecule has 0 saturated heterocycles. The minimum Gasteiger partial charge on any atom is -0.480 e. The van der Waals surface area contributed by atoms with E-state index in [-0.39, 0.29) is 12.2 Å². The van der Waals surface area contributed by atoms with Gasteiger partial charge in [-0.15, -0.1) is 0 Å². The molecule has 1 heterocycles. The van der Waals surface area contributed by atoms with Gasteiger partial charge in [-0.25, -0.2) is 4.79 Å². The Morgan fingerprint density at radius 3 is 2.29 bits per heavy atom. The van der Waals surface area contributed by atoms with Crippen molar-refractivity contribution in [3.8, 4) is 0 Å². The summed E-state index contributed by atoms with van der Waals surface area (Å²) in [6.07, 6.45) is 1.39. The number of carbonyl (C=O) groups excluding carboxylic acids is 4. The molecular weight excluding hydrogens is 464 g/mol. The van der Waals surface area contributed by atoms with Gasteiger partial charge in [0.25, 0.3) is 0 Å². The van der Waals surface area contributed by atoms with Crippen LogP contribution in [0.1, 0.15) is 18.9 Å². The summed E-state index contributed by atoms with van der Waals surface area (Å²) in [6.45, 7) is 1.32. The second kappa shape index (κ2) is 12.0. The molecule has 1 aromatic heterocycles. The quantitative estimate of drug-likeness (QED) is 0.163. The topological polar surface area (TPSA) is 209 Å². The van der Waals surface area contributed by atoms with Crippen molar-refractivity contribution in [1.82, 2.24) is 20.9 Å². The average molecular weight is 493 g/mol. The van der Waals surface area contributed by atoms with E-state index in [1.807, 2.05) is 24.3 Å². The number of thiol groups is 1. The third-order valence-corrected chi connectivity index (χ3v) is 5.40. The van der Waals surface area contributed by atoms with Crippen molar-refractivity contribution in [3.05, 3.63) is 36.0 Å². The molecule has 4 atom stereocenters. The van der Waals surface area contributed by atoms with E-state index in [1.54, 1.807) is 6.20 Å². The summed E-state index contributed by atoms with van der Waals surface area (Å²) in [7, 11) is 0. The zero-order chi connectivity index (χ0) is 25.4. The lowest BCUT2D eigenvalue weighted by atomic mass is 10.0. The van der Waals surface area contributed by atoms with E-state index in [9.17, 15) is 24.0 Å². The fraction of sp³-hybridized carbons (Fsp3) is 0.381. The molecule has 0 radical (unpaired) electrons. The molecule has 1 aromatic carbocycles. The summed E-state index contributed by atoms with van der Waals surface area (Å²) in [5.41, 5.74) is 12.8. The number of para-hydroxylation sites is 1. The minimum absolute atomic E-state index is 0.0782. The number of aromatic nitrogens is 1. The van der Waals surface area contributed by atoms with Crippen LogP contribution in [0.15, 0.2) is 30.5 Å². The highest BCUT2D eigenvalue weighted by Gasteiger charge is 2.28. The summed E-state index contributed by atoms with van der Waals surface area (Å²) < 4.78 is 0. The van der Waals surface area contributed by atoms with Gasteiger partial charge in [-0.05, 0) is 25.0 Å².